The Labute approximate surface area is 98.7 Å². The van der Waals surface area contributed by atoms with Crippen molar-refractivity contribution in [2.24, 2.45) is 0 Å². The van der Waals surface area contributed by atoms with E-state index in [1.165, 1.54) is 7.11 Å². The molecule has 0 aliphatic heterocycles. The highest BCUT2D eigenvalue weighted by Gasteiger charge is 2.11. The van der Waals surface area contributed by atoms with E-state index in [1.807, 2.05) is 41.1 Å². The second kappa shape index (κ2) is 4.74. The first-order valence-corrected chi connectivity index (χ1v) is 5.21. The number of benzene rings is 1. The molecule has 4 heteroatoms. The number of carbonyl (C=O) groups is 1. The first-order valence-electron chi connectivity index (χ1n) is 5.21. The average molecular weight is 231 g/mol. The van der Waals surface area contributed by atoms with Gasteiger partial charge in [0.15, 0.2) is 0 Å². The SMILES string of the molecule is COC(=O)C(=CO)Cn1ccc2ccccc21. The van der Waals surface area contributed by atoms with Crippen molar-refractivity contribution in [2.45, 2.75) is 6.54 Å². The molecule has 1 N–H and O–H groups in total. The highest BCUT2D eigenvalue weighted by Crippen LogP contribution is 2.16. The van der Waals surface area contributed by atoms with Gasteiger partial charge in [0.05, 0.1) is 25.5 Å². The summed E-state index contributed by atoms with van der Waals surface area (Å²) in [6.07, 6.45) is 2.66. The molecule has 0 radical (unpaired) electrons. The van der Waals surface area contributed by atoms with Crippen LogP contribution in [0.5, 0.6) is 0 Å². The number of nitrogens with zero attached hydrogens (tertiary/aromatic N) is 1. The number of aliphatic hydroxyl groups excluding tert-OH is 1. The molecule has 0 saturated carbocycles. The molecule has 0 saturated heterocycles. The van der Waals surface area contributed by atoms with E-state index in [-0.39, 0.29) is 12.1 Å². The molecule has 1 aromatic carbocycles. The second-order valence-electron chi connectivity index (χ2n) is 3.65. The number of methoxy groups -OCH3 is 1. The van der Waals surface area contributed by atoms with Gasteiger partial charge < -0.3 is 14.4 Å². The summed E-state index contributed by atoms with van der Waals surface area (Å²) < 4.78 is 6.47. The maximum Gasteiger partial charge on any atom is 0.338 e. The van der Waals surface area contributed by atoms with E-state index in [1.54, 1.807) is 0 Å². The number of hydrogen-bond donors (Lipinski definition) is 1. The van der Waals surface area contributed by atoms with Crippen molar-refractivity contribution in [3.63, 3.8) is 0 Å². The lowest BCUT2D eigenvalue weighted by molar-refractivity contribution is -0.136. The summed E-state index contributed by atoms with van der Waals surface area (Å²) in [7, 11) is 1.29. The molecular formula is C13H13NO3. The van der Waals surface area contributed by atoms with Gasteiger partial charge in [-0.2, -0.15) is 0 Å². The van der Waals surface area contributed by atoms with Crippen molar-refractivity contribution < 1.29 is 14.6 Å². The quantitative estimate of drug-likeness (QED) is 0.500. The summed E-state index contributed by atoms with van der Waals surface area (Å²) in [5, 5.41) is 10.1. The molecule has 0 unspecified atom stereocenters. The zero-order valence-electron chi connectivity index (χ0n) is 9.46. The predicted octanol–water partition coefficient (Wildman–Crippen LogP) is 2.26. The predicted molar refractivity (Wildman–Crippen MR) is 64.7 cm³/mol. The monoisotopic (exact) mass is 231 g/mol. The zero-order chi connectivity index (χ0) is 12.3. The molecule has 4 nitrogen and oxygen atoms in total. The summed E-state index contributed by atoms with van der Waals surface area (Å²) in [4.78, 5) is 11.3. The average Bonchev–Trinajstić information content (AvgIpc) is 2.78. The van der Waals surface area contributed by atoms with E-state index in [9.17, 15) is 4.79 Å². The van der Waals surface area contributed by atoms with Crippen LogP contribution in [0, 0.1) is 0 Å². The van der Waals surface area contributed by atoms with Crippen LogP contribution in [0.3, 0.4) is 0 Å². The standard InChI is InChI=1S/C13H13NO3/c1-17-13(16)11(9-15)8-14-7-6-10-4-2-3-5-12(10)14/h2-7,9,15H,8H2,1H3. The summed E-state index contributed by atoms with van der Waals surface area (Å²) in [5.41, 5.74) is 1.23. The Balaban J connectivity index is 2.32. The van der Waals surface area contributed by atoms with Crippen LogP contribution in [0.4, 0.5) is 0 Å². The number of aromatic nitrogens is 1. The van der Waals surface area contributed by atoms with Crippen LogP contribution in [-0.4, -0.2) is 22.8 Å². The highest BCUT2D eigenvalue weighted by atomic mass is 16.5. The largest absolute Gasteiger partial charge is 0.515 e. The molecule has 2 aromatic rings. The Morgan fingerprint density at radius 1 is 1.41 bits per heavy atom. The van der Waals surface area contributed by atoms with E-state index < -0.39 is 5.97 Å². The van der Waals surface area contributed by atoms with Gasteiger partial charge in [0.25, 0.3) is 0 Å². The lowest BCUT2D eigenvalue weighted by Crippen LogP contribution is -2.11. The number of hydrogen-bond acceptors (Lipinski definition) is 3. The number of esters is 1. The van der Waals surface area contributed by atoms with E-state index >= 15 is 0 Å². The van der Waals surface area contributed by atoms with Crippen LogP contribution in [0.2, 0.25) is 0 Å². The van der Waals surface area contributed by atoms with Crippen molar-refractivity contribution in [1.29, 1.82) is 0 Å². The third-order valence-electron chi connectivity index (χ3n) is 2.62. The van der Waals surface area contributed by atoms with E-state index in [4.69, 9.17) is 5.11 Å². The third-order valence-corrected chi connectivity index (χ3v) is 2.62. The van der Waals surface area contributed by atoms with Gasteiger partial charge in [-0.15, -0.1) is 0 Å². The molecule has 88 valence electrons. The molecule has 2 rings (SSSR count). The van der Waals surface area contributed by atoms with E-state index in [0.29, 0.717) is 0 Å². The molecule has 1 heterocycles. The molecule has 0 aliphatic rings. The fraction of sp³-hybridized carbons (Fsp3) is 0.154. The highest BCUT2D eigenvalue weighted by molar-refractivity contribution is 5.88. The van der Waals surface area contributed by atoms with E-state index in [0.717, 1.165) is 17.2 Å². The number of ether oxygens (including phenoxy) is 1. The Morgan fingerprint density at radius 2 is 2.18 bits per heavy atom. The molecule has 0 aliphatic carbocycles. The molecule has 0 fully saturated rings. The maximum atomic E-state index is 11.3. The molecule has 0 spiro atoms. The van der Waals surface area contributed by atoms with Gasteiger partial charge in [-0.1, -0.05) is 18.2 Å². The Kier molecular flexibility index (Phi) is 3.14. The number of aliphatic hydroxyl groups is 1. The zero-order valence-corrected chi connectivity index (χ0v) is 9.46. The van der Waals surface area contributed by atoms with Crippen LogP contribution in [0.25, 0.3) is 10.9 Å². The van der Waals surface area contributed by atoms with Crippen LogP contribution in [0.15, 0.2) is 48.4 Å². The van der Waals surface area contributed by atoms with Crippen LogP contribution in [0.1, 0.15) is 0 Å². The number of fused-ring (bicyclic) bond motifs is 1. The molecule has 1 aromatic heterocycles. The molecule has 17 heavy (non-hydrogen) atoms. The molecule has 0 amide bonds. The van der Waals surface area contributed by atoms with Gasteiger partial charge in [0.1, 0.15) is 0 Å². The molecule has 0 bridgehead atoms. The van der Waals surface area contributed by atoms with Crippen molar-refractivity contribution in [2.75, 3.05) is 7.11 Å². The van der Waals surface area contributed by atoms with Crippen molar-refractivity contribution in [3.05, 3.63) is 48.4 Å². The van der Waals surface area contributed by atoms with Gasteiger partial charge >= 0.3 is 5.97 Å². The Hall–Kier alpha value is -2.23. The topological polar surface area (TPSA) is 51.5 Å². The fourth-order valence-corrected chi connectivity index (χ4v) is 1.75. The van der Waals surface area contributed by atoms with Crippen molar-refractivity contribution in [3.8, 4) is 0 Å². The van der Waals surface area contributed by atoms with Crippen molar-refractivity contribution >= 4 is 16.9 Å². The number of carbonyl (C=O) groups excluding carboxylic acids is 1. The molecule has 0 atom stereocenters. The molecular weight excluding hydrogens is 218 g/mol. The lowest BCUT2D eigenvalue weighted by Gasteiger charge is -2.07. The van der Waals surface area contributed by atoms with Crippen molar-refractivity contribution in [1.82, 2.24) is 4.57 Å². The summed E-state index contributed by atoms with van der Waals surface area (Å²) in [6, 6.07) is 9.80. The summed E-state index contributed by atoms with van der Waals surface area (Å²) in [6.45, 7) is 0.288. The second-order valence-corrected chi connectivity index (χ2v) is 3.65. The normalized spacial score (nSPS) is 11.7. The van der Waals surface area contributed by atoms with Gasteiger partial charge in [0, 0.05) is 11.7 Å². The summed E-state index contributed by atoms with van der Waals surface area (Å²) in [5.74, 6) is -0.523. The van der Waals surface area contributed by atoms with Crippen LogP contribution in [-0.2, 0) is 16.1 Å². The van der Waals surface area contributed by atoms with Gasteiger partial charge in [0.2, 0.25) is 0 Å². The third kappa shape index (κ3) is 2.15. The van der Waals surface area contributed by atoms with Gasteiger partial charge in [-0.3, -0.25) is 0 Å². The van der Waals surface area contributed by atoms with E-state index in [2.05, 4.69) is 4.74 Å². The van der Waals surface area contributed by atoms with Crippen LogP contribution < -0.4 is 0 Å². The maximum absolute atomic E-state index is 11.3. The first kappa shape index (κ1) is 11.3. The van der Waals surface area contributed by atoms with Crippen LogP contribution >= 0.6 is 0 Å². The smallest absolute Gasteiger partial charge is 0.338 e. The minimum Gasteiger partial charge on any atom is -0.515 e. The first-order chi connectivity index (χ1) is 8.26. The van der Waals surface area contributed by atoms with Gasteiger partial charge in [-0.25, -0.2) is 4.79 Å². The summed E-state index contributed by atoms with van der Waals surface area (Å²) >= 11 is 0. The fourth-order valence-electron chi connectivity index (χ4n) is 1.75. The Bertz CT molecular complexity index is 569. The minimum atomic E-state index is -0.523. The number of rotatable bonds is 3. The Morgan fingerprint density at radius 3 is 2.88 bits per heavy atom. The lowest BCUT2D eigenvalue weighted by atomic mass is 10.2. The number of para-hydroxylation sites is 1. The minimum absolute atomic E-state index is 0.217. The van der Waals surface area contributed by atoms with Gasteiger partial charge in [-0.05, 0) is 17.5 Å².